The van der Waals surface area contributed by atoms with E-state index < -0.39 is 0 Å². The zero-order chi connectivity index (χ0) is 12.2. The average Bonchev–Trinajstić information content (AvgIpc) is 2.29. The van der Waals surface area contributed by atoms with Gasteiger partial charge in [0.05, 0.1) is 12.7 Å². The minimum atomic E-state index is 0.419. The van der Waals surface area contributed by atoms with Gasteiger partial charge in [-0.05, 0) is 33.2 Å². The Balaban J connectivity index is 3.31. The first-order chi connectivity index (χ1) is 7.70. The summed E-state index contributed by atoms with van der Waals surface area (Å²) < 4.78 is 5.82. The molecule has 0 amide bonds. The molecule has 0 aliphatic carbocycles. The molecule has 1 N–H and O–H groups in total. The molecule has 0 spiro atoms. The van der Waals surface area contributed by atoms with Crippen molar-refractivity contribution in [1.29, 1.82) is 0 Å². The first-order valence-electron chi connectivity index (χ1n) is 7.05. The van der Waals surface area contributed by atoms with Crippen LogP contribution in [0.2, 0.25) is 0 Å². The molecule has 2 atom stereocenters. The molecule has 16 heavy (non-hydrogen) atoms. The number of hydrogen-bond acceptors (Lipinski definition) is 2. The summed E-state index contributed by atoms with van der Waals surface area (Å²) in [6.45, 7) is 10.8. The van der Waals surface area contributed by atoms with Gasteiger partial charge in [-0.15, -0.1) is 0 Å². The lowest BCUT2D eigenvalue weighted by atomic mass is 10.1. The first-order valence-corrected chi connectivity index (χ1v) is 7.05. The molecule has 0 aromatic carbocycles. The Kier molecular flexibility index (Phi) is 11.3. The summed E-state index contributed by atoms with van der Waals surface area (Å²) in [5.74, 6) is 0. The summed E-state index contributed by atoms with van der Waals surface area (Å²) >= 11 is 0. The van der Waals surface area contributed by atoms with Gasteiger partial charge in [0.15, 0.2) is 0 Å². The lowest BCUT2D eigenvalue weighted by Gasteiger charge is -2.18. The Morgan fingerprint density at radius 1 is 1.00 bits per heavy atom. The number of nitrogens with one attached hydrogen (secondary N) is 1. The lowest BCUT2D eigenvalue weighted by molar-refractivity contribution is 0.0460. The number of ether oxygens (including phenoxy) is 1. The molecule has 0 aliphatic heterocycles. The first kappa shape index (κ1) is 15.9. The van der Waals surface area contributed by atoms with Crippen molar-refractivity contribution >= 4 is 0 Å². The maximum atomic E-state index is 5.82. The van der Waals surface area contributed by atoms with Crippen LogP contribution in [0.25, 0.3) is 0 Å². The predicted molar refractivity (Wildman–Crippen MR) is 71.9 cm³/mol. The molecule has 0 saturated heterocycles. The summed E-state index contributed by atoms with van der Waals surface area (Å²) in [7, 11) is 0. The van der Waals surface area contributed by atoms with Crippen molar-refractivity contribution in [1.82, 2.24) is 5.32 Å². The van der Waals surface area contributed by atoms with Crippen LogP contribution in [-0.4, -0.2) is 25.3 Å². The smallest absolute Gasteiger partial charge is 0.0620 e. The van der Waals surface area contributed by atoms with Crippen LogP contribution in [0.15, 0.2) is 0 Å². The van der Waals surface area contributed by atoms with Crippen LogP contribution in [0.3, 0.4) is 0 Å². The molecule has 2 heteroatoms. The van der Waals surface area contributed by atoms with E-state index in [-0.39, 0.29) is 0 Å². The van der Waals surface area contributed by atoms with Gasteiger partial charge in [-0.3, -0.25) is 0 Å². The molecule has 0 rings (SSSR count). The van der Waals surface area contributed by atoms with Gasteiger partial charge in [0, 0.05) is 6.04 Å². The van der Waals surface area contributed by atoms with Crippen molar-refractivity contribution in [3.63, 3.8) is 0 Å². The molecular formula is C14H31NO. The number of unbranched alkanes of at least 4 members (excludes halogenated alkanes) is 3. The summed E-state index contributed by atoms with van der Waals surface area (Å²) in [6.07, 6.45) is 8.16. The molecule has 0 bridgehead atoms. The van der Waals surface area contributed by atoms with E-state index >= 15 is 0 Å². The van der Waals surface area contributed by atoms with Gasteiger partial charge in [-0.25, -0.2) is 0 Å². The normalized spacial score (nSPS) is 15.0. The van der Waals surface area contributed by atoms with Gasteiger partial charge in [0.2, 0.25) is 0 Å². The van der Waals surface area contributed by atoms with Gasteiger partial charge in [0.1, 0.15) is 0 Å². The van der Waals surface area contributed by atoms with E-state index in [2.05, 4.69) is 33.0 Å². The van der Waals surface area contributed by atoms with Crippen LogP contribution in [0.5, 0.6) is 0 Å². The molecule has 98 valence electrons. The highest BCUT2D eigenvalue weighted by Crippen LogP contribution is 2.08. The van der Waals surface area contributed by atoms with E-state index in [1.54, 1.807) is 0 Å². The van der Waals surface area contributed by atoms with Crippen LogP contribution in [0.4, 0.5) is 0 Å². The third-order valence-corrected chi connectivity index (χ3v) is 2.84. The monoisotopic (exact) mass is 229 g/mol. The highest BCUT2D eigenvalue weighted by molar-refractivity contribution is 4.60. The average molecular weight is 229 g/mol. The van der Waals surface area contributed by atoms with Crippen LogP contribution in [0.1, 0.15) is 66.2 Å². The molecule has 0 radical (unpaired) electrons. The second-order valence-corrected chi connectivity index (χ2v) is 4.85. The summed E-state index contributed by atoms with van der Waals surface area (Å²) in [5.41, 5.74) is 0. The Bertz CT molecular complexity index is 139. The van der Waals surface area contributed by atoms with E-state index in [0.29, 0.717) is 12.1 Å². The number of hydrogen-bond donors (Lipinski definition) is 1. The van der Waals surface area contributed by atoms with Crippen LogP contribution < -0.4 is 5.32 Å². The van der Waals surface area contributed by atoms with Crippen LogP contribution in [-0.2, 0) is 4.74 Å². The topological polar surface area (TPSA) is 21.3 Å². The van der Waals surface area contributed by atoms with E-state index in [4.69, 9.17) is 4.74 Å². The summed E-state index contributed by atoms with van der Waals surface area (Å²) in [6, 6.07) is 0.484. The Labute approximate surface area is 102 Å². The zero-order valence-corrected chi connectivity index (χ0v) is 11.7. The molecule has 0 aromatic heterocycles. The minimum Gasteiger partial charge on any atom is -0.377 e. The maximum Gasteiger partial charge on any atom is 0.0620 e. The van der Waals surface area contributed by atoms with Crippen molar-refractivity contribution in [2.24, 2.45) is 0 Å². The molecule has 0 heterocycles. The van der Waals surface area contributed by atoms with Gasteiger partial charge >= 0.3 is 0 Å². The molecule has 0 fully saturated rings. The summed E-state index contributed by atoms with van der Waals surface area (Å²) in [4.78, 5) is 0. The zero-order valence-electron chi connectivity index (χ0n) is 11.7. The molecule has 0 aliphatic rings. The van der Waals surface area contributed by atoms with E-state index in [1.807, 2.05) is 0 Å². The van der Waals surface area contributed by atoms with E-state index in [0.717, 1.165) is 13.2 Å². The molecular weight excluding hydrogens is 198 g/mol. The van der Waals surface area contributed by atoms with Crippen LogP contribution >= 0.6 is 0 Å². The Morgan fingerprint density at radius 2 is 1.75 bits per heavy atom. The molecule has 2 nitrogen and oxygen atoms in total. The standard InChI is InChI=1S/C14H31NO/c1-5-7-8-9-10-14(4)16-12-13(3)15-11-6-2/h13-15H,5-12H2,1-4H3. The largest absolute Gasteiger partial charge is 0.377 e. The van der Waals surface area contributed by atoms with Gasteiger partial charge in [0.25, 0.3) is 0 Å². The predicted octanol–water partition coefficient (Wildman–Crippen LogP) is 3.75. The van der Waals surface area contributed by atoms with Crippen molar-refractivity contribution in [3.8, 4) is 0 Å². The minimum absolute atomic E-state index is 0.419. The summed E-state index contributed by atoms with van der Waals surface area (Å²) in [5, 5.41) is 3.44. The van der Waals surface area contributed by atoms with E-state index in [1.165, 1.54) is 38.5 Å². The highest BCUT2D eigenvalue weighted by atomic mass is 16.5. The lowest BCUT2D eigenvalue weighted by Crippen LogP contribution is -2.32. The van der Waals surface area contributed by atoms with E-state index in [9.17, 15) is 0 Å². The van der Waals surface area contributed by atoms with Crippen molar-refractivity contribution in [2.75, 3.05) is 13.2 Å². The SMILES string of the molecule is CCCCCCC(C)OCC(C)NCCC. The van der Waals surface area contributed by atoms with Crippen LogP contribution in [0, 0.1) is 0 Å². The quantitative estimate of drug-likeness (QED) is 0.545. The Morgan fingerprint density at radius 3 is 2.38 bits per heavy atom. The number of rotatable bonds is 11. The molecule has 2 unspecified atom stereocenters. The fraction of sp³-hybridized carbons (Fsp3) is 1.00. The van der Waals surface area contributed by atoms with Gasteiger partial charge < -0.3 is 10.1 Å². The highest BCUT2D eigenvalue weighted by Gasteiger charge is 2.05. The van der Waals surface area contributed by atoms with Gasteiger partial charge in [-0.1, -0.05) is 39.5 Å². The van der Waals surface area contributed by atoms with Crippen molar-refractivity contribution < 1.29 is 4.74 Å². The van der Waals surface area contributed by atoms with Crippen molar-refractivity contribution in [2.45, 2.75) is 78.4 Å². The second kappa shape index (κ2) is 11.4. The third-order valence-electron chi connectivity index (χ3n) is 2.84. The molecule has 0 aromatic rings. The fourth-order valence-electron chi connectivity index (χ4n) is 1.70. The maximum absolute atomic E-state index is 5.82. The fourth-order valence-corrected chi connectivity index (χ4v) is 1.70. The van der Waals surface area contributed by atoms with Crippen molar-refractivity contribution in [3.05, 3.63) is 0 Å². The van der Waals surface area contributed by atoms with Gasteiger partial charge in [-0.2, -0.15) is 0 Å². The third kappa shape index (κ3) is 10.4. The molecule has 0 saturated carbocycles. The second-order valence-electron chi connectivity index (χ2n) is 4.85. The Hall–Kier alpha value is -0.0800.